The van der Waals surface area contributed by atoms with Crippen LogP contribution in [0.3, 0.4) is 0 Å². The molecule has 0 bridgehead atoms. The van der Waals surface area contributed by atoms with E-state index in [1.807, 2.05) is 26.8 Å². The van der Waals surface area contributed by atoms with Crippen molar-refractivity contribution in [2.45, 2.75) is 59.4 Å². The predicted octanol–water partition coefficient (Wildman–Crippen LogP) is 3.04. The Bertz CT molecular complexity index is 632. The molecule has 2 aromatic heterocycles. The van der Waals surface area contributed by atoms with E-state index < -0.39 is 0 Å². The summed E-state index contributed by atoms with van der Waals surface area (Å²) in [6.07, 6.45) is 6.14. The van der Waals surface area contributed by atoms with E-state index in [-0.39, 0.29) is 11.9 Å². The van der Waals surface area contributed by atoms with E-state index in [2.05, 4.69) is 22.3 Å². The van der Waals surface area contributed by atoms with E-state index in [0.717, 1.165) is 24.2 Å². The summed E-state index contributed by atoms with van der Waals surface area (Å²) in [7, 11) is 0. The molecule has 2 aromatic rings. The Kier molecular flexibility index (Phi) is 4.94. The molecule has 1 N–H and O–H groups in total. The molecule has 1 atom stereocenters. The second-order valence-electron chi connectivity index (χ2n) is 5.70. The molecule has 21 heavy (non-hydrogen) atoms. The highest BCUT2D eigenvalue weighted by Gasteiger charge is 2.16. The maximum absolute atomic E-state index is 12.4. The Morgan fingerprint density at radius 2 is 2.14 bits per heavy atom. The van der Waals surface area contributed by atoms with Gasteiger partial charge in [-0.3, -0.25) is 4.79 Å². The van der Waals surface area contributed by atoms with Crippen molar-refractivity contribution in [3.63, 3.8) is 0 Å². The summed E-state index contributed by atoms with van der Waals surface area (Å²) < 4.78 is 1.71. The molecule has 0 aromatic carbocycles. The smallest absolute Gasteiger partial charge is 0.256 e. The van der Waals surface area contributed by atoms with Crippen LogP contribution in [0.5, 0.6) is 0 Å². The lowest BCUT2D eigenvalue weighted by atomic mass is 10.1. The lowest BCUT2D eigenvalue weighted by molar-refractivity contribution is 0.0939. The van der Waals surface area contributed by atoms with Crippen LogP contribution in [0.1, 0.15) is 61.3 Å². The van der Waals surface area contributed by atoms with Crippen LogP contribution in [0.4, 0.5) is 0 Å². The number of aryl methyl sites for hydroxylation is 2. The van der Waals surface area contributed by atoms with Crippen molar-refractivity contribution in [1.82, 2.24) is 19.9 Å². The van der Waals surface area contributed by atoms with E-state index >= 15 is 0 Å². The SMILES string of the molecule is CCCCC[C@H](C)NC(=O)c1cnn2c(C)cc(C)nc12. The van der Waals surface area contributed by atoms with Gasteiger partial charge in [-0.05, 0) is 33.3 Å². The first-order valence-corrected chi connectivity index (χ1v) is 7.65. The van der Waals surface area contributed by atoms with Gasteiger partial charge in [0.05, 0.1) is 6.20 Å². The minimum atomic E-state index is -0.0912. The van der Waals surface area contributed by atoms with E-state index in [0.29, 0.717) is 11.2 Å². The summed E-state index contributed by atoms with van der Waals surface area (Å²) in [5.74, 6) is -0.0912. The van der Waals surface area contributed by atoms with Gasteiger partial charge in [0.1, 0.15) is 5.56 Å². The van der Waals surface area contributed by atoms with Crippen LogP contribution < -0.4 is 5.32 Å². The minimum Gasteiger partial charge on any atom is -0.349 e. The fourth-order valence-electron chi connectivity index (χ4n) is 2.50. The lowest BCUT2D eigenvalue weighted by Crippen LogP contribution is -2.32. The fourth-order valence-corrected chi connectivity index (χ4v) is 2.50. The van der Waals surface area contributed by atoms with Crippen LogP contribution in [0.15, 0.2) is 12.3 Å². The Morgan fingerprint density at radius 3 is 2.86 bits per heavy atom. The molecule has 0 aliphatic rings. The summed E-state index contributed by atoms with van der Waals surface area (Å²) in [5, 5.41) is 7.30. The van der Waals surface area contributed by atoms with Gasteiger partial charge in [0.2, 0.25) is 0 Å². The second kappa shape index (κ2) is 6.70. The number of hydrogen-bond acceptors (Lipinski definition) is 3. The van der Waals surface area contributed by atoms with Crippen molar-refractivity contribution in [2.75, 3.05) is 0 Å². The van der Waals surface area contributed by atoms with E-state index in [1.54, 1.807) is 10.7 Å². The number of nitrogens with zero attached hydrogens (tertiary/aromatic N) is 3. The third-order valence-corrected chi connectivity index (χ3v) is 3.64. The van der Waals surface area contributed by atoms with Crippen molar-refractivity contribution in [1.29, 1.82) is 0 Å². The normalized spacial score (nSPS) is 12.6. The predicted molar refractivity (Wildman–Crippen MR) is 83.5 cm³/mol. The van der Waals surface area contributed by atoms with Crippen molar-refractivity contribution in [2.24, 2.45) is 0 Å². The van der Waals surface area contributed by atoms with E-state index in [9.17, 15) is 4.79 Å². The lowest BCUT2D eigenvalue weighted by Gasteiger charge is -2.13. The number of rotatable bonds is 6. The van der Waals surface area contributed by atoms with Gasteiger partial charge in [0.15, 0.2) is 5.65 Å². The Morgan fingerprint density at radius 1 is 1.38 bits per heavy atom. The zero-order valence-electron chi connectivity index (χ0n) is 13.3. The molecule has 0 aliphatic carbocycles. The molecule has 0 radical (unpaired) electrons. The molecule has 1 amide bonds. The summed E-state index contributed by atoms with van der Waals surface area (Å²) >= 11 is 0. The number of nitrogens with one attached hydrogen (secondary N) is 1. The van der Waals surface area contributed by atoms with Crippen LogP contribution in [-0.2, 0) is 0 Å². The van der Waals surface area contributed by atoms with Gasteiger partial charge in [-0.1, -0.05) is 26.2 Å². The first-order chi connectivity index (χ1) is 10.0. The summed E-state index contributed by atoms with van der Waals surface area (Å²) in [4.78, 5) is 16.8. The molecule has 0 fully saturated rings. The molecular formula is C16H24N4O. The summed E-state index contributed by atoms with van der Waals surface area (Å²) in [6, 6.07) is 2.12. The maximum Gasteiger partial charge on any atom is 0.256 e. The van der Waals surface area contributed by atoms with E-state index in [4.69, 9.17) is 0 Å². The Balaban J connectivity index is 2.13. The molecule has 2 heterocycles. The van der Waals surface area contributed by atoms with Gasteiger partial charge >= 0.3 is 0 Å². The van der Waals surface area contributed by atoms with Gasteiger partial charge in [0.25, 0.3) is 5.91 Å². The van der Waals surface area contributed by atoms with Crippen LogP contribution in [0.25, 0.3) is 5.65 Å². The topological polar surface area (TPSA) is 59.3 Å². The number of aromatic nitrogens is 3. The van der Waals surface area contributed by atoms with Crippen LogP contribution in [0, 0.1) is 13.8 Å². The Labute approximate surface area is 125 Å². The standard InChI is InChI=1S/C16H24N4O/c1-5-6-7-8-11(2)19-16(21)14-10-17-20-13(4)9-12(3)18-15(14)20/h9-11H,5-8H2,1-4H3,(H,19,21)/t11-/m0/s1. The zero-order valence-corrected chi connectivity index (χ0v) is 13.3. The zero-order chi connectivity index (χ0) is 15.4. The van der Waals surface area contributed by atoms with Gasteiger partial charge < -0.3 is 5.32 Å². The van der Waals surface area contributed by atoms with Gasteiger partial charge in [-0.2, -0.15) is 5.10 Å². The molecule has 0 unspecified atom stereocenters. The van der Waals surface area contributed by atoms with Gasteiger partial charge in [-0.25, -0.2) is 9.50 Å². The molecule has 0 saturated heterocycles. The van der Waals surface area contributed by atoms with Crippen molar-refractivity contribution < 1.29 is 4.79 Å². The highest BCUT2D eigenvalue weighted by Crippen LogP contribution is 2.12. The monoisotopic (exact) mass is 288 g/mol. The number of amides is 1. The number of carbonyl (C=O) groups is 1. The average molecular weight is 288 g/mol. The third kappa shape index (κ3) is 3.60. The quantitative estimate of drug-likeness (QED) is 0.831. The van der Waals surface area contributed by atoms with Crippen LogP contribution >= 0.6 is 0 Å². The molecule has 0 saturated carbocycles. The van der Waals surface area contributed by atoms with Gasteiger partial charge in [-0.15, -0.1) is 0 Å². The van der Waals surface area contributed by atoms with Gasteiger partial charge in [0, 0.05) is 17.4 Å². The molecule has 114 valence electrons. The summed E-state index contributed by atoms with van der Waals surface area (Å²) in [5.41, 5.74) is 3.05. The molecule has 2 rings (SSSR count). The molecular weight excluding hydrogens is 264 g/mol. The number of hydrogen-bond donors (Lipinski definition) is 1. The molecule has 0 spiro atoms. The number of carbonyl (C=O) groups excluding carboxylic acids is 1. The second-order valence-corrected chi connectivity index (χ2v) is 5.70. The first-order valence-electron chi connectivity index (χ1n) is 7.65. The van der Waals surface area contributed by atoms with Crippen molar-refractivity contribution in [3.8, 4) is 0 Å². The van der Waals surface area contributed by atoms with Crippen LogP contribution in [0.2, 0.25) is 0 Å². The molecule has 0 aliphatic heterocycles. The first kappa shape index (κ1) is 15.5. The van der Waals surface area contributed by atoms with Crippen molar-refractivity contribution in [3.05, 3.63) is 29.2 Å². The number of unbranched alkanes of at least 4 members (excludes halogenated alkanes) is 2. The highest BCUT2D eigenvalue weighted by molar-refractivity contribution is 5.99. The number of fused-ring (bicyclic) bond motifs is 1. The maximum atomic E-state index is 12.4. The molecule has 5 nitrogen and oxygen atoms in total. The highest BCUT2D eigenvalue weighted by atomic mass is 16.1. The Hall–Kier alpha value is -1.91. The largest absolute Gasteiger partial charge is 0.349 e. The van der Waals surface area contributed by atoms with Crippen molar-refractivity contribution >= 4 is 11.6 Å². The average Bonchev–Trinajstić information content (AvgIpc) is 2.83. The van der Waals surface area contributed by atoms with E-state index in [1.165, 1.54) is 12.8 Å². The minimum absolute atomic E-state index is 0.0912. The fraction of sp³-hybridized carbons (Fsp3) is 0.562. The summed E-state index contributed by atoms with van der Waals surface area (Å²) in [6.45, 7) is 8.11. The van der Waals surface area contributed by atoms with Crippen LogP contribution in [-0.4, -0.2) is 26.5 Å². The molecule has 5 heteroatoms. The third-order valence-electron chi connectivity index (χ3n) is 3.64.